The Labute approximate surface area is 172 Å². The first-order valence-electron chi connectivity index (χ1n) is 10.1. The fraction of sp³-hybridized carbons (Fsp3) is 0.391. The van der Waals surface area contributed by atoms with Crippen molar-refractivity contribution in [2.24, 2.45) is 0 Å². The van der Waals surface area contributed by atoms with E-state index in [9.17, 15) is 9.59 Å². The van der Waals surface area contributed by atoms with Crippen molar-refractivity contribution in [3.05, 3.63) is 60.2 Å². The number of rotatable bonds is 7. The van der Waals surface area contributed by atoms with Gasteiger partial charge in [0.25, 0.3) is 0 Å². The summed E-state index contributed by atoms with van der Waals surface area (Å²) in [7, 11) is 1.67. The number of ether oxygens (including phenoxy) is 1. The molecule has 154 valence electrons. The second-order valence-electron chi connectivity index (χ2n) is 7.11. The molecule has 0 N–H and O–H groups in total. The van der Waals surface area contributed by atoms with E-state index in [-0.39, 0.29) is 18.2 Å². The van der Waals surface area contributed by atoms with Crippen LogP contribution in [0.2, 0.25) is 0 Å². The van der Waals surface area contributed by atoms with Crippen molar-refractivity contribution >= 4 is 17.5 Å². The molecular formula is C23H29N3O3. The summed E-state index contributed by atoms with van der Waals surface area (Å²) in [6.45, 7) is 5.72. The molecule has 1 aliphatic heterocycles. The molecule has 2 aromatic carbocycles. The maximum atomic E-state index is 12.7. The standard InChI is InChI=1S/C23H29N3O3/c1-3-24(18-19-9-5-4-6-10-19)22(27)17-23(28)26-15-13-25(14-16-26)20-11-7-8-12-21(20)29-2/h4-12H,3,13-18H2,1-2H3. The Morgan fingerprint density at radius 3 is 2.28 bits per heavy atom. The number of amides is 2. The number of carbonyl (C=O) groups excluding carboxylic acids is 2. The lowest BCUT2D eigenvalue weighted by atomic mass is 10.2. The maximum Gasteiger partial charge on any atom is 0.232 e. The highest BCUT2D eigenvalue weighted by molar-refractivity contribution is 5.97. The van der Waals surface area contributed by atoms with Crippen molar-refractivity contribution in [3.8, 4) is 5.75 Å². The SMILES string of the molecule is CCN(Cc1ccccc1)C(=O)CC(=O)N1CCN(c2ccccc2OC)CC1. The van der Waals surface area contributed by atoms with Crippen LogP contribution in [-0.2, 0) is 16.1 Å². The van der Waals surface area contributed by atoms with Crippen LogP contribution in [0.3, 0.4) is 0 Å². The van der Waals surface area contributed by atoms with Gasteiger partial charge in [-0.15, -0.1) is 0 Å². The van der Waals surface area contributed by atoms with Crippen molar-refractivity contribution in [2.45, 2.75) is 19.9 Å². The zero-order valence-electron chi connectivity index (χ0n) is 17.2. The summed E-state index contributed by atoms with van der Waals surface area (Å²) >= 11 is 0. The molecule has 0 spiro atoms. The van der Waals surface area contributed by atoms with Gasteiger partial charge in [0.1, 0.15) is 12.2 Å². The smallest absolute Gasteiger partial charge is 0.232 e. The predicted octanol–water partition coefficient (Wildman–Crippen LogP) is 2.78. The summed E-state index contributed by atoms with van der Waals surface area (Å²) in [6, 6.07) is 17.8. The quantitative estimate of drug-likeness (QED) is 0.677. The van der Waals surface area contributed by atoms with Crippen molar-refractivity contribution in [1.82, 2.24) is 9.80 Å². The minimum atomic E-state index is -0.117. The van der Waals surface area contributed by atoms with E-state index in [0.717, 1.165) is 30.1 Å². The molecule has 1 saturated heterocycles. The zero-order chi connectivity index (χ0) is 20.6. The van der Waals surface area contributed by atoms with Crippen molar-refractivity contribution in [3.63, 3.8) is 0 Å². The molecule has 0 aliphatic carbocycles. The van der Waals surface area contributed by atoms with Crippen LogP contribution in [0.15, 0.2) is 54.6 Å². The Kier molecular flexibility index (Phi) is 7.11. The summed E-state index contributed by atoms with van der Waals surface area (Å²) in [6.07, 6.45) is -0.0741. The molecule has 0 saturated carbocycles. The minimum Gasteiger partial charge on any atom is -0.495 e. The molecule has 6 heteroatoms. The summed E-state index contributed by atoms with van der Waals surface area (Å²) < 4.78 is 5.44. The van der Waals surface area contributed by atoms with Crippen LogP contribution in [0.1, 0.15) is 18.9 Å². The van der Waals surface area contributed by atoms with Crippen molar-refractivity contribution in [2.75, 3.05) is 44.7 Å². The van der Waals surface area contributed by atoms with Crippen LogP contribution >= 0.6 is 0 Å². The normalized spacial score (nSPS) is 13.9. The van der Waals surface area contributed by atoms with E-state index in [2.05, 4.69) is 4.90 Å². The summed E-state index contributed by atoms with van der Waals surface area (Å²) in [5.41, 5.74) is 2.11. The van der Waals surface area contributed by atoms with Crippen molar-refractivity contribution in [1.29, 1.82) is 0 Å². The Morgan fingerprint density at radius 2 is 1.62 bits per heavy atom. The van der Waals surface area contributed by atoms with E-state index in [4.69, 9.17) is 4.74 Å². The molecule has 1 aliphatic rings. The number of piperazine rings is 1. The number of benzene rings is 2. The summed E-state index contributed by atoms with van der Waals surface area (Å²) in [4.78, 5) is 31.1. The molecule has 0 bridgehead atoms. The highest BCUT2D eigenvalue weighted by Gasteiger charge is 2.25. The van der Waals surface area contributed by atoms with Gasteiger partial charge < -0.3 is 19.4 Å². The Morgan fingerprint density at radius 1 is 0.966 bits per heavy atom. The number of carbonyl (C=O) groups is 2. The fourth-order valence-electron chi connectivity index (χ4n) is 3.62. The first kappa shape index (κ1) is 20.7. The molecule has 0 radical (unpaired) electrons. The third kappa shape index (κ3) is 5.28. The van der Waals surface area contributed by atoms with Gasteiger partial charge in [0.15, 0.2) is 0 Å². The minimum absolute atomic E-state index is 0.0741. The van der Waals surface area contributed by atoms with Gasteiger partial charge in [0.2, 0.25) is 11.8 Å². The molecular weight excluding hydrogens is 366 g/mol. The largest absolute Gasteiger partial charge is 0.495 e. The van der Waals surface area contributed by atoms with E-state index in [1.54, 1.807) is 16.9 Å². The monoisotopic (exact) mass is 395 g/mol. The lowest BCUT2D eigenvalue weighted by Gasteiger charge is -2.36. The van der Waals surface area contributed by atoms with Crippen LogP contribution in [0.5, 0.6) is 5.75 Å². The third-order valence-corrected chi connectivity index (χ3v) is 5.31. The van der Waals surface area contributed by atoms with Crippen LogP contribution in [0.4, 0.5) is 5.69 Å². The van der Waals surface area contributed by atoms with Crippen LogP contribution in [0.25, 0.3) is 0 Å². The van der Waals surface area contributed by atoms with E-state index >= 15 is 0 Å². The molecule has 6 nitrogen and oxygen atoms in total. The average molecular weight is 396 g/mol. The number of anilines is 1. The predicted molar refractivity (Wildman–Crippen MR) is 114 cm³/mol. The van der Waals surface area contributed by atoms with Gasteiger partial charge in [0, 0.05) is 39.3 Å². The molecule has 1 fully saturated rings. The van der Waals surface area contributed by atoms with Gasteiger partial charge in [-0.2, -0.15) is 0 Å². The molecule has 0 atom stereocenters. The van der Waals surface area contributed by atoms with E-state index in [1.165, 1.54) is 0 Å². The number of nitrogens with zero attached hydrogens (tertiary/aromatic N) is 3. The fourth-order valence-corrected chi connectivity index (χ4v) is 3.62. The highest BCUT2D eigenvalue weighted by atomic mass is 16.5. The molecule has 2 amide bonds. The van der Waals surface area contributed by atoms with Gasteiger partial charge in [-0.1, -0.05) is 42.5 Å². The van der Waals surface area contributed by atoms with Gasteiger partial charge in [-0.3, -0.25) is 9.59 Å². The van der Waals surface area contributed by atoms with Gasteiger partial charge in [-0.05, 0) is 24.6 Å². The van der Waals surface area contributed by atoms with Gasteiger partial charge in [-0.25, -0.2) is 0 Å². The number of hydrogen-bond donors (Lipinski definition) is 0. The Balaban J connectivity index is 1.53. The summed E-state index contributed by atoms with van der Waals surface area (Å²) in [5, 5.41) is 0. The molecule has 29 heavy (non-hydrogen) atoms. The topological polar surface area (TPSA) is 53.1 Å². The Bertz CT molecular complexity index is 817. The second-order valence-corrected chi connectivity index (χ2v) is 7.11. The van der Waals surface area contributed by atoms with E-state index < -0.39 is 0 Å². The third-order valence-electron chi connectivity index (χ3n) is 5.31. The molecule has 0 aromatic heterocycles. The molecule has 1 heterocycles. The lowest BCUT2D eigenvalue weighted by Crippen LogP contribution is -2.49. The molecule has 0 unspecified atom stereocenters. The zero-order valence-corrected chi connectivity index (χ0v) is 17.2. The van der Waals surface area contributed by atoms with Crippen LogP contribution < -0.4 is 9.64 Å². The number of methoxy groups -OCH3 is 1. The first-order valence-corrected chi connectivity index (χ1v) is 10.1. The van der Waals surface area contributed by atoms with Gasteiger partial charge >= 0.3 is 0 Å². The first-order chi connectivity index (χ1) is 14.1. The maximum absolute atomic E-state index is 12.7. The van der Waals surface area contributed by atoms with Crippen LogP contribution in [-0.4, -0.2) is 61.4 Å². The van der Waals surface area contributed by atoms with E-state index in [0.29, 0.717) is 26.2 Å². The average Bonchev–Trinajstić information content (AvgIpc) is 2.78. The highest BCUT2D eigenvalue weighted by Crippen LogP contribution is 2.28. The number of para-hydroxylation sites is 2. The lowest BCUT2D eigenvalue weighted by molar-refractivity contribution is -0.141. The molecule has 2 aromatic rings. The van der Waals surface area contributed by atoms with Crippen LogP contribution in [0, 0.1) is 0 Å². The second kappa shape index (κ2) is 9.96. The number of hydrogen-bond acceptors (Lipinski definition) is 4. The summed E-state index contributed by atoms with van der Waals surface area (Å²) in [5.74, 6) is 0.622. The molecule has 3 rings (SSSR count). The van der Waals surface area contributed by atoms with Crippen molar-refractivity contribution < 1.29 is 14.3 Å². The Hall–Kier alpha value is -3.02. The van der Waals surface area contributed by atoms with Gasteiger partial charge in [0.05, 0.1) is 12.8 Å². The van der Waals surface area contributed by atoms with E-state index in [1.807, 2.05) is 61.5 Å².